The van der Waals surface area contributed by atoms with Gasteiger partial charge in [0.05, 0.1) is 18.8 Å². The number of fused-ring (bicyclic) bond motifs is 1. The van der Waals surface area contributed by atoms with Crippen LogP contribution in [0.5, 0.6) is 0 Å². The van der Waals surface area contributed by atoms with Gasteiger partial charge in [0.25, 0.3) is 5.91 Å². The normalized spacial score (nSPS) is 12.7. The quantitative estimate of drug-likeness (QED) is 0.297. The number of hydrogen-bond acceptors (Lipinski definition) is 8. The number of aromatic nitrogens is 1. The molecule has 11 heteroatoms. The van der Waals surface area contributed by atoms with E-state index >= 15 is 0 Å². The highest BCUT2D eigenvalue weighted by molar-refractivity contribution is 7.52. The average Bonchev–Trinajstić information content (AvgIpc) is 3.25. The number of nitrogens with one attached hydrogen (secondary N) is 1. The second kappa shape index (κ2) is 11.9. The number of carbonyl (C=O) groups is 3. The zero-order valence-corrected chi connectivity index (χ0v) is 23.2. The number of methoxy groups -OCH3 is 1. The van der Waals surface area contributed by atoms with Crippen LogP contribution < -0.4 is 5.32 Å². The Morgan fingerprint density at radius 3 is 2.18 bits per heavy atom. The Bertz CT molecular complexity index is 1350. The second-order valence-electron chi connectivity index (χ2n) is 9.61. The van der Waals surface area contributed by atoms with Crippen molar-refractivity contribution in [3.8, 4) is 0 Å². The molecule has 10 nitrogen and oxygen atoms in total. The number of nitrogens with zero attached hydrogens (tertiary/aromatic N) is 1. The van der Waals surface area contributed by atoms with Gasteiger partial charge in [-0.15, -0.1) is 0 Å². The van der Waals surface area contributed by atoms with Crippen LogP contribution in [0.1, 0.15) is 42.3 Å². The van der Waals surface area contributed by atoms with Crippen LogP contribution in [0.4, 0.5) is 4.79 Å². The maximum absolute atomic E-state index is 13.0. The number of rotatable bonds is 9. The number of ether oxygens (including phenoxy) is 2. The number of hydrogen-bond donors (Lipinski definition) is 1. The topological polar surface area (TPSA) is 122 Å². The fraction of sp³-hybridized carbons (Fsp3) is 0.370. The fourth-order valence-electron chi connectivity index (χ4n) is 3.86. The van der Waals surface area contributed by atoms with Crippen molar-refractivity contribution >= 4 is 36.5 Å². The summed E-state index contributed by atoms with van der Waals surface area (Å²) in [5.41, 5.74) is 1.54. The molecular formula is C27H33N2O8P. The van der Waals surface area contributed by atoms with Crippen molar-refractivity contribution in [2.45, 2.75) is 45.0 Å². The van der Waals surface area contributed by atoms with Gasteiger partial charge < -0.3 is 23.8 Å². The second-order valence-corrected chi connectivity index (χ2v) is 11.9. The number of esters is 1. The van der Waals surface area contributed by atoms with Gasteiger partial charge in [-0.2, -0.15) is 0 Å². The van der Waals surface area contributed by atoms with Crippen molar-refractivity contribution < 1.29 is 37.5 Å². The van der Waals surface area contributed by atoms with Crippen LogP contribution >= 0.6 is 7.60 Å². The first-order valence-corrected chi connectivity index (χ1v) is 13.6. The summed E-state index contributed by atoms with van der Waals surface area (Å²) in [7, 11) is 0.605. The van der Waals surface area contributed by atoms with E-state index in [2.05, 4.69) is 5.32 Å². The third kappa shape index (κ3) is 7.10. The molecule has 0 aliphatic rings. The van der Waals surface area contributed by atoms with Gasteiger partial charge in [0.15, 0.2) is 0 Å². The minimum absolute atomic E-state index is 0.0500. The number of benzene rings is 2. The third-order valence-corrected chi connectivity index (χ3v) is 7.61. The van der Waals surface area contributed by atoms with E-state index in [1.807, 2.05) is 12.1 Å². The van der Waals surface area contributed by atoms with Gasteiger partial charge in [-0.1, -0.05) is 30.3 Å². The zero-order valence-electron chi connectivity index (χ0n) is 22.3. The van der Waals surface area contributed by atoms with Gasteiger partial charge in [-0.05, 0) is 50.1 Å². The van der Waals surface area contributed by atoms with Crippen LogP contribution in [-0.4, -0.2) is 55.5 Å². The van der Waals surface area contributed by atoms with Crippen molar-refractivity contribution in [1.29, 1.82) is 0 Å². The molecule has 0 radical (unpaired) electrons. The molecule has 1 amide bonds. The van der Waals surface area contributed by atoms with E-state index in [0.717, 1.165) is 5.39 Å². The van der Waals surface area contributed by atoms with Gasteiger partial charge >= 0.3 is 19.7 Å². The molecule has 0 unspecified atom stereocenters. The van der Waals surface area contributed by atoms with E-state index in [9.17, 15) is 18.9 Å². The highest BCUT2D eigenvalue weighted by Gasteiger charge is 2.27. The lowest BCUT2D eigenvalue weighted by atomic mass is 10.0. The molecule has 1 heterocycles. The number of carbonyl (C=O) groups excluding carboxylic acids is 3. The molecule has 0 fully saturated rings. The first-order valence-electron chi connectivity index (χ1n) is 11.9. The van der Waals surface area contributed by atoms with Gasteiger partial charge in [0.1, 0.15) is 11.6 Å². The molecule has 0 saturated heterocycles. The molecule has 38 heavy (non-hydrogen) atoms. The summed E-state index contributed by atoms with van der Waals surface area (Å²) in [5.74, 6) is -1.13. The van der Waals surface area contributed by atoms with Crippen LogP contribution in [0.3, 0.4) is 0 Å². The van der Waals surface area contributed by atoms with Crippen LogP contribution in [-0.2, 0) is 40.5 Å². The lowest BCUT2D eigenvalue weighted by molar-refractivity contribution is -0.142. The van der Waals surface area contributed by atoms with E-state index in [1.54, 1.807) is 63.4 Å². The van der Waals surface area contributed by atoms with E-state index < -0.39 is 37.2 Å². The predicted molar refractivity (Wildman–Crippen MR) is 142 cm³/mol. The van der Waals surface area contributed by atoms with Gasteiger partial charge in [0, 0.05) is 37.8 Å². The summed E-state index contributed by atoms with van der Waals surface area (Å²) in [6, 6.07) is 12.6. The van der Waals surface area contributed by atoms with E-state index in [1.165, 1.54) is 25.9 Å². The standard InChI is InChI=1S/C27H33N2O8P/c1-27(2,3)37-26(32)29-16-20(21-9-7-8-10-23(21)29)15-22(25(31)34-4)28-24(30)19-13-11-18(12-14-19)17-38(33,35-5)36-6/h7-14,16,22H,15,17H2,1-6H3,(H,28,30)/t22-/m1/s1. The molecular weight excluding hydrogens is 511 g/mol. The van der Waals surface area contributed by atoms with Crippen LogP contribution in [0.15, 0.2) is 54.7 Å². The van der Waals surface area contributed by atoms with Crippen LogP contribution in [0.25, 0.3) is 10.9 Å². The lowest BCUT2D eigenvalue weighted by Crippen LogP contribution is -2.43. The average molecular weight is 545 g/mol. The Balaban J connectivity index is 1.84. The highest BCUT2D eigenvalue weighted by atomic mass is 31.2. The predicted octanol–water partition coefficient (Wildman–Crippen LogP) is 4.92. The summed E-state index contributed by atoms with van der Waals surface area (Å²) in [6.45, 7) is 5.34. The van der Waals surface area contributed by atoms with E-state index in [4.69, 9.17) is 18.5 Å². The van der Waals surface area contributed by atoms with E-state index in [-0.39, 0.29) is 12.6 Å². The van der Waals surface area contributed by atoms with Crippen LogP contribution in [0.2, 0.25) is 0 Å². The van der Waals surface area contributed by atoms with Gasteiger partial charge in [0.2, 0.25) is 0 Å². The summed E-state index contributed by atoms with van der Waals surface area (Å²) in [6.07, 6.45) is 1.19. The first-order chi connectivity index (χ1) is 17.9. The fourth-order valence-corrected chi connectivity index (χ4v) is 4.93. The molecule has 2 aromatic carbocycles. The minimum atomic E-state index is -3.25. The SMILES string of the molecule is COC(=O)[C@@H](Cc1cn(C(=O)OC(C)(C)C)c2ccccc12)NC(=O)c1ccc(CP(=O)(OC)OC)cc1. The molecule has 1 N–H and O–H groups in total. The van der Waals surface area contributed by atoms with Crippen molar-refractivity contribution in [3.63, 3.8) is 0 Å². The van der Waals surface area contributed by atoms with Crippen molar-refractivity contribution in [2.75, 3.05) is 21.3 Å². The summed E-state index contributed by atoms with van der Waals surface area (Å²) in [4.78, 5) is 38.5. The molecule has 0 spiro atoms. The lowest BCUT2D eigenvalue weighted by Gasteiger charge is -2.19. The van der Waals surface area contributed by atoms with Crippen molar-refractivity contribution in [2.24, 2.45) is 0 Å². The third-order valence-electron chi connectivity index (χ3n) is 5.75. The molecule has 0 saturated carbocycles. The molecule has 3 rings (SSSR count). The molecule has 0 aliphatic heterocycles. The Hall–Kier alpha value is -3.46. The van der Waals surface area contributed by atoms with Crippen molar-refractivity contribution in [3.05, 3.63) is 71.4 Å². The van der Waals surface area contributed by atoms with Gasteiger partial charge in [-0.3, -0.25) is 13.9 Å². The number of amides is 1. The summed E-state index contributed by atoms with van der Waals surface area (Å²) < 4.78 is 34.1. The monoisotopic (exact) mass is 544 g/mol. The maximum Gasteiger partial charge on any atom is 0.419 e. The minimum Gasteiger partial charge on any atom is -0.467 e. The molecule has 1 aromatic heterocycles. The Labute approximate surface area is 221 Å². The van der Waals surface area contributed by atoms with Crippen molar-refractivity contribution in [1.82, 2.24) is 9.88 Å². The molecule has 204 valence electrons. The highest BCUT2D eigenvalue weighted by Crippen LogP contribution is 2.49. The Kier molecular flexibility index (Phi) is 9.14. The Morgan fingerprint density at radius 2 is 1.61 bits per heavy atom. The largest absolute Gasteiger partial charge is 0.467 e. The van der Waals surface area contributed by atoms with E-state index in [0.29, 0.717) is 22.2 Å². The van der Waals surface area contributed by atoms with Crippen LogP contribution in [0, 0.1) is 0 Å². The molecule has 0 bridgehead atoms. The molecule has 3 aromatic rings. The first kappa shape index (κ1) is 29.1. The Morgan fingerprint density at radius 1 is 0.974 bits per heavy atom. The molecule has 1 atom stereocenters. The summed E-state index contributed by atoms with van der Waals surface area (Å²) in [5, 5.41) is 3.46. The maximum atomic E-state index is 13.0. The van der Waals surface area contributed by atoms with Gasteiger partial charge in [-0.25, -0.2) is 9.59 Å². The number of para-hydroxylation sites is 1. The summed E-state index contributed by atoms with van der Waals surface area (Å²) >= 11 is 0. The smallest absolute Gasteiger partial charge is 0.419 e. The zero-order chi connectivity index (χ0) is 28.1. The molecule has 0 aliphatic carbocycles.